The SMILES string of the molecule is Cc1cc(CC(Cc2cc(C)nn2C)(C(=O)N(C)Cc2ccc3occc3c2)C(=O)N(C)CC(C)C)n(C)n1. The summed E-state index contributed by atoms with van der Waals surface area (Å²) in [6.07, 6.45) is 2.10. The molecular weight excluding hydrogens is 492 g/mol. The van der Waals surface area contributed by atoms with Gasteiger partial charge in [0.2, 0.25) is 11.8 Å². The van der Waals surface area contributed by atoms with E-state index in [0.717, 1.165) is 39.3 Å². The number of carbonyl (C=O) groups is 2. The zero-order valence-electron chi connectivity index (χ0n) is 24.4. The topological polar surface area (TPSA) is 89.4 Å². The first-order chi connectivity index (χ1) is 18.4. The fraction of sp³-hybridized carbons (Fsp3) is 0.467. The number of hydrogen-bond acceptors (Lipinski definition) is 5. The Labute approximate surface area is 230 Å². The molecule has 1 aromatic carbocycles. The van der Waals surface area contributed by atoms with Crippen molar-refractivity contribution in [3.63, 3.8) is 0 Å². The minimum absolute atomic E-state index is 0.198. The van der Waals surface area contributed by atoms with Crippen LogP contribution in [0, 0.1) is 25.2 Å². The van der Waals surface area contributed by atoms with E-state index in [1.165, 1.54) is 0 Å². The Balaban J connectivity index is 1.80. The summed E-state index contributed by atoms with van der Waals surface area (Å²) in [5, 5.41) is 10.0. The predicted octanol–water partition coefficient (Wildman–Crippen LogP) is 4.06. The Kier molecular flexibility index (Phi) is 7.99. The van der Waals surface area contributed by atoms with Gasteiger partial charge in [0.25, 0.3) is 0 Å². The van der Waals surface area contributed by atoms with E-state index in [4.69, 9.17) is 4.42 Å². The molecule has 0 unspecified atom stereocenters. The molecular formula is C30H40N6O3. The van der Waals surface area contributed by atoms with E-state index in [9.17, 15) is 9.59 Å². The van der Waals surface area contributed by atoms with Crippen molar-refractivity contribution in [3.8, 4) is 0 Å². The van der Waals surface area contributed by atoms with Crippen molar-refractivity contribution in [2.24, 2.45) is 25.4 Å². The highest BCUT2D eigenvalue weighted by molar-refractivity contribution is 6.05. The van der Waals surface area contributed by atoms with Gasteiger partial charge >= 0.3 is 0 Å². The molecule has 0 spiro atoms. The zero-order valence-corrected chi connectivity index (χ0v) is 24.4. The average molecular weight is 533 g/mol. The van der Waals surface area contributed by atoms with Gasteiger partial charge in [-0.3, -0.25) is 19.0 Å². The van der Waals surface area contributed by atoms with Crippen molar-refractivity contribution < 1.29 is 14.0 Å². The molecule has 9 heteroatoms. The number of furan rings is 1. The molecule has 0 atom stereocenters. The number of aromatic nitrogens is 4. The highest BCUT2D eigenvalue weighted by Crippen LogP contribution is 2.34. The van der Waals surface area contributed by atoms with Gasteiger partial charge in [-0.2, -0.15) is 10.2 Å². The third-order valence-electron chi connectivity index (χ3n) is 7.25. The van der Waals surface area contributed by atoms with E-state index in [1.54, 1.807) is 39.5 Å². The lowest BCUT2D eigenvalue weighted by Crippen LogP contribution is -2.55. The average Bonchev–Trinajstić information content (AvgIpc) is 3.54. The minimum Gasteiger partial charge on any atom is -0.464 e. The molecule has 2 amide bonds. The number of carbonyl (C=O) groups excluding carboxylic acids is 2. The first-order valence-electron chi connectivity index (χ1n) is 13.4. The van der Waals surface area contributed by atoms with Crippen LogP contribution in [-0.4, -0.2) is 61.8 Å². The molecule has 4 aromatic rings. The lowest BCUT2D eigenvalue weighted by atomic mass is 9.75. The van der Waals surface area contributed by atoms with Crippen LogP contribution in [-0.2, 0) is 43.1 Å². The molecule has 0 radical (unpaired) electrons. The Morgan fingerprint density at radius 2 is 1.46 bits per heavy atom. The summed E-state index contributed by atoms with van der Waals surface area (Å²) in [5.41, 5.74) is 3.72. The molecule has 3 aromatic heterocycles. The van der Waals surface area contributed by atoms with Gasteiger partial charge in [0, 0.05) is 70.9 Å². The second kappa shape index (κ2) is 11.1. The van der Waals surface area contributed by atoms with Gasteiger partial charge < -0.3 is 14.2 Å². The molecule has 0 fully saturated rings. The maximum absolute atomic E-state index is 14.7. The number of amides is 2. The van der Waals surface area contributed by atoms with Gasteiger partial charge in [0.1, 0.15) is 11.0 Å². The highest BCUT2D eigenvalue weighted by Gasteiger charge is 2.50. The van der Waals surface area contributed by atoms with Gasteiger partial charge in [-0.1, -0.05) is 19.9 Å². The molecule has 0 aliphatic carbocycles. The largest absolute Gasteiger partial charge is 0.464 e. The predicted molar refractivity (Wildman–Crippen MR) is 151 cm³/mol. The first-order valence-corrected chi connectivity index (χ1v) is 13.4. The van der Waals surface area contributed by atoms with Crippen LogP contribution in [0.3, 0.4) is 0 Å². The summed E-state index contributed by atoms with van der Waals surface area (Å²) in [7, 11) is 7.28. The van der Waals surface area contributed by atoms with E-state index in [0.29, 0.717) is 13.1 Å². The Bertz CT molecular complexity index is 1430. The molecule has 0 bridgehead atoms. The van der Waals surface area contributed by atoms with Crippen LogP contribution in [0.1, 0.15) is 42.2 Å². The van der Waals surface area contributed by atoms with E-state index in [2.05, 4.69) is 24.0 Å². The molecule has 0 aliphatic rings. The van der Waals surface area contributed by atoms with E-state index in [-0.39, 0.29) is 30.6 Å². The monoisotopic (exact) mass is 532 g/mol. The summed E-state index contributed by atoms with van der Waals surface area (Å²) < 4.78 is 9.03. The third kappa shape index (κ3) is 5.92. The summed E-state index contributed by atoms with van der Waals surface area (Å²) in [4.78, 5) is 32.5. The van der Waals surface area contributed by atoms with Crippen molar-refractivity contribution >= 4 is 22.8 Å². The van der Waals surface area contributed by atoms with Crippen LogP contribution in [0.5, 0.6) is 0 Å². The molecule has 0 N–H and O–H groups in total. The van der Waals surface area contributed by atoms with E-state index in [1.807, 2.05) is 64.3 Å². The van der Waals surface area contributed by atoms with Crippen molar-refractivity contribution in [3.05, 3.63) is 71.0 Å². The van der Waals surface area contributed by atoms with Crippen LogP contribution in [0.25, 0.3) is 11.0 Å². The second-order valence-corrected chi connectivity index (χ2v) is 11.3. The standard InChI is InChI=1S/C30H40N6O3/c1-20(2)18-33(5)28(37)30(16-25-13-21(3)31-35(25)7,17-26-14-22(4)32-36(26)8)29(38)34(6)19-23-9-10-27-24(15-23)11-12-39-27/h9-15,20H,16-19H2,1-8H3. The molecule has 0 aliphatic heterocycles. The normalized spacial score (nSPS) is 11.9. The zero-order chi connectivity index (χ0) is 28.5. The molecule has 4 rings (SSSR count). The number of nitrogens with zero attached hydrogens (tertiary/aromatic N) is 6. The van der Waals surface area contributed by atoms with Gasteiger partial charge in [-0.25, -0.2) is 0 Å². The van der Waals surface area contributed by atoms with Crippen LogP contribution >= 0.6 is 0 Å². The van der Waals surface area contributed by atoms with Crippen molar-refractivity contribution in [2.45, 2.75) is 47.1 Å². The fourth-order valence-corrected chi connectivity index (χ4v) is 5.56. The summed E-state index contributed by atoms with van der Waals surface area (Å²) in [6.45, 7) is 8.88. The minimum atomic E-state index is -1.39. The highest BCUT2D eigenvalue weighted by atomic mass is 16.3. The lowest BCUT2D eigenvalue weighted by Gasteiger charge is -2.38. The Hall–Kier alpha value is -3.88. The molecule has 208 valence electrons. The summed E-state index contributed by atoms with van der Waals surface area (Å²) in [6, 6.07) is 11.7. The third-order valence-corrected chi connectivity index (χ3v) is 7.25. The number of fused-ring (bicyclic) bond motifs is 1. The van der Waals surface area contributed by atoms with Gasteiger partial charge in [-0.05, 0) is 55.7 Å². The summed E-state index contributed by atoms with van der Waals surface area (Å²) in [5.74, 6) is -0.173. The Morgan fingerprint density at radius 3 is 1.97 bits per heavy atom. The first kappa shape index (κ1) is 28.1. The maximum atomic E-state index is 14.7. The molecule has 0 saturated heterocycles. The molecule has 39 heavy (non-hydrogen) atoms. The second-order valence-electron chi connectivity index (χ2n) is 11.3. The quantitative estimate of drug-likeness (QED) is 0.287. The summed E-state index contributed by atoms with van der Waals surface area (Å²) >= 11 is 0. The Morgan fingerprint density at radius 1 is 0.897 bits per heavy atom. The van der Waals surface area contributed by atoms with E-state index >= 15 is 0 Å². The van der Waals surface area contributed by atoms with Crippen molar-refractivity contribution in [1.82, 2.24) is 29.4 Å². The van der Waals surface area contributed by atoms with E-state index < -0.39 is 5.41 Å². The van der Waals surface area contributed by atoms with Crippen molar-refractivity contribution in [2.75, 3.05) is 20.6 Å². The maximum Gasteiger partial charge on any atom is 0.239 e. The van der Waals surface area contributed by atoms with Crippen LogP contribution in [0.4, 0.5) is 0 Å². The van der Waals surface area contributed by atoms with Gasteiger partial charge in [0.15, 0.2) is 0 Å². The van der Waals surface area contributed by atoms with Crippen LogP contribution in [0.15, 0.2) is 47.1 Å². The van der Waals surface area contributed by atoms with Gasteiger partial charge in [0.05, 0.1) is 17.7 Å². The van der Waals surface area contributed by atoms with Crippen LogP contribution < -0.4 is 0 Å². The van der Waals surface area contributed by atoms with Crippen molar-refractivity contribution in [1.29, 1.82) is 0 Å². The number of benzene rings is 1. The lowest BCUT2D eigenvalue weighted by molar-refractivity contribution is -0.156. The number of aryl methyl sites for hydroxylation is 4. The fourth-order valence-electron chi connectivity index (χ4n) is 5.56. The smallest absolute Gasteiger partial charge is 0.239 e. The molecule has 9 nitrogen and oxygen atoms in total. The number of rotatable bonds is 10. The molecule has 0 saturated carbocycles. The molecule has 3 heterocycles. The van der Waals surface area contributed by atoms with Crippen LogP contribution in [0.2, 0.25) is 0 Å². The van der Waals surface area contributed by atoms with Gasteiger partial charge in [-0.15, -0.1) is 0 Å². The number of hydrogen-bond donors (Lipinski definition) is 0.